The molecule has 0 aliphatic carbocycles. The van der Waals surface area contributed by atoms with Gasteiger partial charge in [0, 0.05) is 26.8 Å². The second-order valence-electron chi connectivity index (χ2n) is 3.16. The van der Waals surface area contributed by atoms with E-state index in [1.807, 2.05) is 7.05 Å². The van der Waals surface area contributed by atoms with Gasteiger partial charge < -0.3 is 15.2 Å². The first-order valence-corrected chi connectivity index (χ1v) is 5.11. The van der Waals surface area contributed by atoms with Crippen molar-refractivity contribution in [2.24, 2.45) is 5.73 Å². The third kappa shape index (κ3) is 9.85. The zero-order chi connectivity index (χ0) is 10.8. The molecule has 0 fully saturated rings. The lowest BCUT2D eigenvalue weighted by Crippen LogP contribution is -2.30. The fourth-order valence-electron chi connectivity index (χ4n) is 1.03. The van der Waals surface area contributed by atoms with Crippen LogP contribution in [0.25, 0.3) is 0 Å². The summed E-state index contributed by atoms with van der Waals surface area (Å²) >= 11 is 4.80. The minimum Gasteiger partial charge on any atom is -0.392 e. The van der Waals surface area contributed by atoms with E-state index in [0.717, 1.165) is 19.6 Å². The van der Waals surface area contributed by atoms with E-state index in [-0.39, 0.29) is 0 Å². The highest BCUT2D eigenvalue weighted by molar-refractivity contribution is 7.80. The highest BCUT2D eigenvalue weighted by Crippen LogP contribution is 1.89. The molecular formula is C9H20N2O2S. The molecule has 0 aliphatic rings. The van der Waals surface area contributed by atoms with E-state index in [9.17, 15) is 0 Å². The molecule has 0 aromatic heterocycles. The molecule has 0 saturated carbocycles. The second-order valence-corrected chi connectivity index (χ2v) is 3.69. The van der Waals surface area contributed by atoms with Crippen LogP contribution >= 0.6 is 12.2 Å². The molecule has 4 nitrogen and oxygen atoms in total. The van der Waals surface area contributed by atoms with Crippen molar-refractivity contribution in [3.05, 3.63) is 0 Å². The van der Waals surface area contributed by atoms with Crippen LogP contribution in [0.15, 0.2) is 0 Å². The Balaban J connectivity index is 3.14. The molecule has 14 heavy (non-hydrogen) atoms. The maximum atomic E-state index is 5.41. The van der Waals surface area contributed by atoms with Crippen LogP contribution in [0, 0.1) is 0 Å². The normalized spacial score (nSPS) is 10.8. The number of nitrogens with two attached hydrogens (primary N) is 1. The highest BCUT2D eigenvalue weighted by Gasteiger charge is 1.98. The molecule has 2 N–H and O–H groups in total. The lowest BCUT2D eigenvalue weighted by Gasteiger charge is -2.15. The van der Waals surface area contributed by atoms with Crippen molar-refractivity contribution >= 4 is 17.2 Å². The third-order valence-electron chi connectivity index (χ3n) is 1.69. The summed E-state index contributed by atoms with van der Waals surface area (Å²) in [4.78, 5) is 2.62. The standard InChI is InChI=1S/C9H20N2O2S/c1-11(8-9(10)14)4-3-5-13-7-6-12-2/h3-8H2,1-2H3,(H2,10,14). The molecule has 0 aromatic carbocycles. The van der Waals surface area contributed by atoms with Crippen LogP contribution in [-0.4, -0.2) is 57.0 Å². The Morgan fingerprint density at radius 2 is 2.07 bits per heavy atom. The van der Waals surface area contributed by atoms with Gasteiger partial charge in [-0.1, -0.05) is 12.2 Å². The molecule has 0 unspecified atom stereocenters. The first kappa shape index (κ1) is 13.8. The molecule has 0 spiro atoms. The SMILES string of the molecule is COCCOCCCN(C)CC(N)=S. The molecular weight excluding hydrogens is 200 g/mol. The average Bonchev–Trinajstić information content (AvgIpc) is 2.10. The van der Waals surface area contributed by atoms with E-state index in [1.165, 1.54) is 0 Å². The van der Waals surface area contributed by atoms with Crippen molar-refractivity contribution in [3.8, 4) is 0 Å². The van der Waals surface area contributed by atoms with Crippen LogP contribution in [0.1, 0.15) is 6.42 Å². The van der Waals surface area contributed by atoms with Gasteiger partial charge in [0.05, 0.1) is 18.2 Å². The Kier molecular flexibility index (Phi) is 9.18. The molecule has 0 amide bonds. The molecule has 0 bridgehead atoms. The minimum absolute atomic E-state index is 0.535. The predicted molar refractivity (Wildman–Crippen MR) is 61.6 cm³/mol. The molecule has 0 rings (SSSR count). The maximum Gasteiger partial charge on any atom is 0.0869 e. The van der Waals surface area contributed by atoms with E-state index in [4.69, 9.17) is 27.4 Å². The maximum absolute atomic E-state index is 5.41. The molecule has 0 saturated heterocycles. The van der Waals surface area contributed by atoms with Gasteiger partial charge in [-0.2, -0.15) is 0 Å². The monoisotopic (exact) mass is 220 g/mol. The van der Waals surface area contributed by atoms with Gasteiger partial charge in [0.25, 0.3) is 0 Å². The fourth-order valence-corrected chi connectivity index (χ4v) is 1.25. The smallest absolute Gasteiger partial charge is 0.0869 e. The molecule has 0 aliphatic heterocycles. The average molecular weight is 220 g/mol. The number of nitrogens with zero attached hydrogens (tertiary/aromatic N) is 1. The van der Waals surface area contributed by atoms with E-state index >= 15 is 0 Å². The number of methoxy groups -OCH3 is 1. The summed E-state index contributed by atoms with van der Waals surface area (Å²) in [6, 6.07) is 0. The van der Waals surface area contributed by atoms with E-state index in [0.29, 0.717) is 24.7 Å². The summed E-state index contributed by atoms with van der Waals surface area (Å²) < 4.78 is 10.2. The van der Waals surface area contributed by atoms with Crippen molar-refractivity contribution in [1.82, 2.24) is 4.90 Å². The number of likely N-dealkylation sites (N-methyl/N-ethyl adjacent to an activating group) is 1. The van der Waals surface area contributed by atoms with Gasteiger partial charge >= 0.3 is 0 Å². The Bertz CT molecular complexity index is 156. The predicted octanol–water partition coefficient (Wildman–Crippen LogP) is 0.257. The Hall–Kier alpha value is -0.230. The molecule has 84 valence electrons. The molecule has 0 aromatic rings. The highest BCUT2D eigenvalue weighted by atomic mass is 32.1. The minimum atomic E-state index is 0.535. The fraction of sp³-hybridized carbons (Fsp3) is 0.889. The van der Waals surface area contributed by atoms with Crippen molar-refractivity contribution < 1.29 is 9.47 Å². The van der Waals surface area contributed by atoms with Gasteiger partial charge in [-0.3, -0.25) is 4.90 Å². The van der Waals surface area contributed by atoms with Crippen LogP contribution in [-0.2, 0) is 9.47 Å². The van der Waals surface area contributed by atoms with Crippen molar-refractivity contribution in [3.63, 3.8) is 0 Å². The molecule has 5 heteroatoms. The zero-order valence-corrected chi connectivity index (χ0v) is 9.81. The Morgan fingerprint density at radius 1 is 1.36 bits per heavy atom. The van der Waals surface area contributed by atoms with E-state index in [2.05, 4.69) is 4.90 Å². The Morgan fingerprint density at radius 3 is 2.64 bits per heavy atom. The van der Waals surface area contributed by atoms with Crippen LogP contribution in [0.2, 0.25) is 0 Å². The first-order chi connectivity index (χ1) is 6.66. The number of thiocarbonyl (C=S) groups is 1. The molecule has 0 atom stereocenters. The quantitative estimate of drug-likeness (QED) is 0.446. The largest absolute Gasteiger partial charge is 0.392 e. The van der Waals surface area contributed by atoms with E-state index in [1.54, 1.807) is 7.11 Å². The summed E-state index contributed by atoms with van der Waals surface area (Å²) in [5, 5.41) is 0. The van der Waals surface area contributed by atoms with Crippen LogP contribution in [0.4, 0.5) is 0 Å². The van der Waals surface area contributed by atoms with Crippen molar-refractivity contribution in [2.75, 3.05) is 47.1 Å². The van der Waals surface area contributed by atoms with Gasteiger partial charge in [-0.15, -0.1) is 0 Å². The summed E-state index contributed by atoms with van der Waals surface area (Å²) in [6.45, 7) is 3.70. The summed E-state index contributed by atoms with van der Waals surface area (Å²) in [7, 11) is 3.66. The van der Waals surface area contributed by atoms with Gasteiger partial charge in [-0.05, 0) is 13.5 Å². The van der Waals surface area contributed by atoms with Gasteiger partial charge in [-0.25, -0.2) is 0 Å². The summed E-state index contributed by atoms with van der Waals surface area (Å²) in [6.07, 6.45) is 0.989. The Labute approximate surface area is 91.3 Å². The molecule has 0 radical (unpaired) electrons. The third-order valence-corrected chi connectivity index (χ3v) is 1.82. The van der Waals surface area contributed by atoms with Gasteiger partial charge in [0.2, 0.25) is 0 Å². The van der Waals surface area contributed by atoms with E-state index < -0.39 is 0 Å². The van der Waals surface area contributed by atoms with Gasteiger partial charge in [0.1, 0.15) is 0 Å². The topological polar surface area (TPSA) is 47.7 Å². The van der Waals surface area contributed by atoms with Crippen LogP contribution in [0.5, 0.6) is 0 Å². The number of ether oxygens (including phenoxy) is 2. The van der Waals surface area contributed by atoms with Crippen LogP contribution < -0.4 is 5.73 Å². The number of hydrogen-bond donors (Lipinski definition) is 1. The van der Waals surface area contributed by atoms with Crippen molar-refractivity contribution in [2.45, 2.75) is 6.42 Å². The first-order valence-electron chi connectivity index (χ1n) is 4.70. The second kappa shape index (κ2) is 9.33. The van der Waals surface area contributed by atoms with Crippen molar-refractivity contribution in [1.29, 1.82) is 0 Å². The summed E-state index contributed by atoms with van der Waals surface area (Å²) in [5.41, 5.74) is 5.41. The lowest BCUT2D eigenvalue weighted by atomic mass is 10.4. The number of rotatable bonds is 9. The number of hydrogen-bond acceptors (Lipinski definition) is 4. The zero-order valence-electron chi connectivity index (χ0n) is 8.99. The van der Waals surface area contributed by atoms with Crippen LogP contribution in [0.3, 0.4) is 0 Å². The lowest BCUT2D eigenvalue weighted by molar-refractivity contribution is 0.0668. The summed E-state index contributed by atoms with van der Waals surface area (Å²) in [5.74, 6) is 0. The van der Waals surface area contributed by atoms with Gasteiger partial charge in [0.15, 0.2) is 0 Å². The molecule has 0 heterocycles.